The van der Waals surface area contributed by atoms with Gasteiger partial charge in [-0.25, -0.2) is 4.98 Å². The Kier molecular flexibility index (Phi) is 6.99. The highest BCUT2D eigenvalue weighted by atomic mass is 35.5. The third-order valence-electron chi connectivity index (χ3n) is 6.43. The fraction of sp³-hybridized carbons (Fsp3) is 0.625. The Balaban J connectivity index is 1.66. The van der Waals surface area contributed by atoms with Crippen LogP contribution in [0.1, 0.15) is 58.4 Å². The van der Waals surface area contributed by atoms with Crippen molar-refractivity contribution < 1.29 is 18.3 Å². The molecule has 2 aromatic heterocycles. The van der Waals surface area contributed by atoms with Crippen molar-refractivity contribution in [2.75, 3.05) is 11.9 Å². The summed E-state index contributed by atoms with van der Waals surface area (Å²) in [6.07, 6.45) is 5.53. The second-order valence-electron chi connectivity index (χ2n) is 10.4. The van der Waals surface area contributed by atoms with Crippen LogP contribution in [0.5, 0.6) is 0 Å². The van der Waals surface area contributed by atoms with Gasteiger partial charge in [-0.2, -0.15) is 8.78 Å². The average molecular weight is 496 g/mol. The van der Waals surface area contributed by atoms with Crippen molar-refractivity contribution in [1.29, 1.82) is 0 Å². The third kappa shape index (κ3) is 5.93. The molecule has 0 saturated heterocycles. The molecule has 1 saturated carbocycles. The van der Waals surface area contributed by atoms with Gasteiger partial charge >= 0.3 is 11.4 Å². The van der Waals surface area contributed by atoms with Crippen LogP contribution in [0.25, 0.3) is 23.2 Å². The number of nitrogens with one attached hydrogen (secondary N) is 2. The number of rotatable bonds is 6. The lowest BCUT2D eigenvalue weighted by Crippen LogP contribution is -2.46. The van der Waals surface area contributed by atoms with Gasteiger partial charge in [-0.1, -0.05) is 31.9 Å². The molecule has 0 aromatic carbocycles. The first-order chi connectivity index (χ1) is 15.9. The van der Waals surface area contributed by atoms with Crippen molar-refractivity contribution in [1.82, 2.24) is 20.5 Å². The summed E-state index contributed by atoms with van der Waals surface area (Å²) in [5.74, 6) is 0.306. The minimum atomic E-state index is -3.30. The maximum absolute atomic E-state index is 13.2. The Bertz CT molecular complexity index is 1160. The van der Waals surface area contributed by atoms with E-state index in [0.29, 0.717) is 30.4 Å². The highest BCUT2D eigenvalue weighted by Crippen LogP contribution is 2.31. The van der Waals surface area contributed by atoms with Crippen molar-refractivity contribution in [3.05, 3.63) is 22.2 Å². The highest BCUT2D eigenvalue weighted by molar-refractivity contribution is 6.21. The largest absolute Gasteiger partial charge is 0.402 e. The number of hydrogen-bond acceptors (Lipinski definition) is 7. The van der Waals surface area contributed by atoms with Crippen LogP contribution in [0.4, 0.5) is 14.8 Å². The summed E-state index contributed by atoms with van der Waals surface area (Å²) in [5, 5.41) is 22.7. The molecular weight excluding hydrogens is 464 g/mol. The number of nitrogens with zero attached hydrogens (tertiary/aromatic N) is 3. The van der Waals surface area contributed by atoms with Gasteiger partial charge in [0, 0.05) is 17.3 Å². The number of aryl methyl sites for hydroxylation is 1. The number of halogens is 3. The Hall–Kier alpha value is -2.10. The standard InChI is InChI=1S/C24H32ClF2N5O2/c1-13-8-19(21-31-32-22(34-21)29-14-6-5-7-16(33)9-14)30-20-17(13)10-15(28-12-24(25,26)27)11-18(20)23(2,3)4/h8,10,14-16,28,33H,5-7,9,11-12H2,1-4H3,(H,29,32)/t14-,15?,16+/m1/s1. The van der Waals surface area contributed by atoms with Gasteiger partial charge in [0.1, 0.15) is 5.69 Å². The second-order valence-corrected chi connectivity index (χ2v) is 10.9. The lowest BCUT2D eigenvalue weighted by molar-refractivity contribution is 0.0937. The normalized spacial score (nSPS) is 23.4. The fourth-order valence-corrected chi connectivity index (χ4v) is 4.78. The molecule has 0 amide bonds. The first-order valence-corrected chi connectivity index (χ1v) is 12.1. The average Bonchev–Trinajstić information content (AvgIpc) is 3.19. The van der Waals surface area contributed by atoms with Gasteiger partial charge in [-0.15, -0.1) is 5.10 Å². The van der Waals surface area contributed by atoms with Crippen LogP contribution in [0.15, 0.2) is 10.5 Å². The molecule has 0 aliphatic heterocycles. The topological polar surface area (TPSA) is 96.1 Å². The van der Waals surface area contributed by atoms with E-state index in [-0.39, 0.29) is 23.6 Å². The van der Waals surface area contributed by atoms with Crippen LogP contribution in [-0.4, -0.2) is 50.4 Å². The van der Waals surface area contributed by atoms with Crippen molar-refractivity contribution in [3.63, 3.8) is 0 Å². The predicted molar refractivity (Wildman–Crippen MR) is 128 cm³/mol. The zero-order valence-corrected chi connectivity index (χ0v) is 20.7. The summed E-state index contributed by atoms with van der Waals surface area (Å²) < 4.78 is 32.3. The summed E-state index contributed by atoms with van der Waals surface area (Å²) in [5.41, 5.74) is 2.33. The molecule has 0 spiro atoms. The predicted octanol–water partition coefficient (Wildman–Crippen LogP) is 3.33. The van der Waals surface area contributed by atoms with Gasteiger partial charge in [-0.3, -0.25) is 0 Å². The van der Waals surface area contributed by atoms with Crippen LogP contribution in [0, 0.1) is 12.3 Å². The summed E-state index contributed by atoms with van der Waals surface area (Å²) in [4.78, 5) is 4.87. The Morgan fingerprint density at radius 3 is 2.68 bits per heavy atom. The number of aliphatic hydroxyl groups excluding tert-OH is 1. The molecule has 0 bridgehead atoms. The van der Waals surface area contributed by atoms with Crippen LogP contribution in [0.2, 0.25) is 0 Å². The monoisotopic (exact) mass is 495 g/mol. The van der Waals surface area contributed by atoms with E-state index in [1.807, 2.05) is 19.1 Å². The summed E-state index contributed by atoms with van der Waals surface area (Å²) in [6.45, 7) is 7.60. The van der Waals surface area contributed by atoms with Crippen LogP contribution in [0.3, 0.4) is 0 Å². The minimum absolute atomic E-state index is 0.0931. The van der Waals surface area contributed by atoms with Crippen LogP contribution < -0.4 is 21.2 Å². The van der Waals surface area contributed by atoms with Gasteiger partial charge in [-0.05, 0) is 73.2 Å². The maximum atomic E-state index is 13.2. The lowest BCUT2D eigenvalue weighted by Gasteiger charge is -2.30. The maximum Gasteiger partial charge on any atom is 0.333 e. The number of hydrogen-bond donors (Lipinski definition) is 3. The van der Waals surface area contributed by atoms with E-state index in [9.17, 15) is 13.9 Å². The van der Waals surface area contributed by atoms with Crippen molar-refractivity contribution in [2.24, 2.45) is 5.41 Å². The quantitative estimate of drug-likeness (QED) is 0.529. The van der Waals surface area contributed by atoms with E-state index in [1.165, 1.54) is 0 Å². The molecule has 7 nitrogen and oxygen atoms in total. The van der Waals surface area contributed by atoms with E-state index in [1.54, 1.807) is 0 Å². The van der Waals surface area contributed by atoms with E-state index >= 15 is 0 Å². The summed E-state index contributed by atoms with van der Waals surface area (Å²) >= 11 is 5.10. The molecule has 1 unspecified atom stereocenters. The van der Waals surface area contributed by atoms with Gasteiger partial charge in [0.15, 0.2) is 0 Å². The summed E-state index contributed by atoms with van der Waals surface area (Å²) in [7, 11) is 0. The number of alkyl halides is 3. The van der Waals surface area contributed by atoms with Gasteiger partial charge in [0.2, 0.25) is 0 Å². The number of fused-ring (bicyclic) bond motifs is 1. The number of aromatic nitrogens is 3. The highest BCUT2D eigenvalue weighted by Gasteiger charge is 2.30. The van der Waals surface area contributed by atoms with Gasteiger partial charge in [0.25, 0.3) is 5.89 Å². The van der Waals surface area contributed by atoms with E-state index in [0.717, 1.165) is 41.0 Å². The molecule has 1 fully saturated rings. The molecule has 2 aliphatic rings. The van der Waals surface area contributed by atoms with Crippen molar-refractivity contribution in [3.8, 4) is 11.6 Å². The summed E-state index contributed by atoms with van der Waals surface area (Å²) in [6, 6.07) is 2.00. The number of pyridine rings is 1. The zero-order valence-electron chi connectivity index (χ0n) is 20.0. The second kappa shape index (κ2) is 9.51. The SMILES string of the molecule is Cc1cc(-c2nnc(N[C@@H]3CCC[C@H](O)C3)o2)nc2c1=CC(NCC(F)(F)Cl)CC=2C(C)(C)C. The van der Waals surface area contributed by atoms with Crippen molar-refractivity contribution >= 4 is 29.3 Å². The molecule has 2 heterocycles. The fourth-order valence-electron chi connectivity index (χ4n) is 4.70. The molecule has 186 valence electrons. The van der Waals surface area contributed by atoms with Crippen molar-refractivity contribution in [2.45, 2.75) is 83.4 Å². The molecule has 10 heteroatoms. The lowest BCUT2D eigenvalue weighted by atomic mass is 9.79. The molecule has 0 radical (unpaired) electrons. The minimum Gasteiger partial charge on any atom is -0.402 e. The zero-order chi connectivity index (χ0) is 24.7. The first kappa shape index (κ1) is 25.0. The van der Waals surface area contributed by atoms with Gasteiger partial charge < -0.3 is 20.2 Å². The van der Waals surface area contributed by atoms with E-state index in [4.69, 9.17) is 21.0 Å². The molecule has 34 heavy (non-hydrogen) atoms. The Morgan fingerprint density at radius 1 is 1.24 bits per heavy atom. The van der Waals surface area contributed by atoms with Crippen LogP contribution in [-0.2, 0) is 0 Å². The molecule has 3 atom stereocenters. The Labute approximate surface area is 202 Å². The molecule has 2 aromatic rings. The number of aliphatic hydroxyl groups is 1. The Morgan fingerprint density at radius 2 is 2.00 bits per heavy atom. The first-order valence-electron chi connectivity index (χ1n) is 11.7. The van der Waals surface area contributed by atoms with Gasteiger partial charge in [0.05, 0.1) is 18.0 Å². The van der Waals surface area contributed by atoms with E-state index in [2.05, 4.69) is 41.6 Å². The third-order valence-corrected chi connectivity index (χ3v) is 6.57. The number of anilines is 1. The van der Waals surface area contributed by atoms with E-state index < -0.39 is 11.9 Å². The molecule has 2 aliphatic carbocycles. The molecule has 3 N–H and O–H groups in total. The molecular formula is C24H32ClF2N5O2. The molecule has 4 rings (SSSR count). The smallest absolute Gasteiger partial charge is 0.333 e. The van der Waals surface area contributed by atoms with Crippen LogP contribution >= 0.6 is 11.6 Å².